The van der Waals surface area contributed by atoms with Crippen molar-refractivity contribution >= 4 is 16.8 Å². The smallest absolute Gasteiger partial charge is 0.345 e. The van der Waals surface area contributed by atoms with Gasteiger partial charge >= 0.3 is 5.63 Å². The number of hydrogen-bond donors (Lipinski definition) is 0. The van der Waals surface area contributed by atoms with Crippen molar-refractivity contribution < 1.29 is 18.7 Å². The van der Waals surface area contributed by atoms with Gasteiger partial charge < -0.3 is 13.9 Å². The van der Waals surface area contributed by atoms with Crippen LogP contribution in [0.4, 0.5) is 0 Å². The van der Waals surface area contributed by atoms with Crippen LogP contribution in [0.1, 0.15) is 64.2 Å². The van der Waals surface area contributed by atoms with Gasteiger partial charge in [-0.1, -0.05) is 46.2 Å². The second-order valence-corrected chi connectivity index (χ2v) is 9.99. The largest absolute Gasteiger partial charge is 0.453 e. The fraction of sp³-hybridized carbons (Fsp3) is 0.600. The van der Waals surface area contributed by atoms with E-state index in [1.54, 1.807) is 6.07 Å². The molecule has 1 aliphatic carbocycles. The van der Waals surface area contributed by atoms with Crippen molar-refractivity contribution in [3.8, 4) is 5.75 Å². The first kappa shape index (κ1) is 19.8. The second-order valence-electron chi connectivity index (χ2n) is 9.99. The molecule has 2 aromatic rings. The summed E-state index contributed by atoms with van der Waals surface area (Å²) in [7, 11) is 0. The van der Waals surface area contributed by atoms with E-state index in [0.29, 0.717) is 29.2 Å². The summed E-state index contributed by atoms with van der Waals surface area (Å²) >= 11 is 0. The summed E-state index contributed by atoms with van der Waals surface area (Å²) in [6, 6.07) is 5.63. The lowest BCUT2D eigenvalue weighted by Gasteiger charge is -2.53. The Morgan fingerprint density at radius 2 is 2.00 bits per heavy atom. The zero-order valence-electron chi connectivity index (χ0n) is 18.4. The fourth-order valence-corrected chi connectivity index (χ4v) is 6.18. The molecule has 5 heteroatoms. The normalized spacial score (nSPS) is 34.5. The van der Waals surface area contributed by atoms with Crippen LogP contribution in [0.25, 0.3) is 11.0 Å². The number of fused-ring (bicyclic) bond motifs is 8. The summed E-state index contributed by atoms with van der Waals surface area (Å²) in [6.07, 6.45) is 2.02. The van der Waals surface area contributed by atoms with Crippen LogP contribution in [0.3, 0.4) is 0 Å². The van der Waals surface area contributed by atoms with E-state index in [-0.39, 0.29) is 29.5 Å². The Bertz CT molecular complexity index is 1080. The van der Waals surface area contributed by atoms with Crippen molar-refractivity contribution in [1.82, 2.24) is 0 Å². The minimum Gasteiger partial charge on any atom is -0.453 e. The first-order chi connectivity index (χ1) is 14.2. The maximum absolute atomic E-state index is 13.6. The third-order valence-corrected chi connectivity index (χ3v) is 7.65. The molecule has 0 N–H and O–H groups in total. The van der Waals surface area contributed by atoms with Crippen LogP contribution in [-0.2, 0) is 9.53 Å². The molecule has 0 radical (unpaired) electrons. The third-order valence-electron chi connectivity index (χ3n) is 7.65. The lowest BCUT2D eigenvalue weighted by Crippen LogP contribution is -2.62. The van der Waals surface area contributed by atoms with Gasteiger partial charge in [0.2, 0.25) is 5.78 Å². The quantitative estimate of drug-likeness (QED) is 0.653. The Labute approximate surface area is 176 Å². The highest BCUT2D eigenvalue weighted by molar-refractivity contribution is 5.91. The van der Waals surface area contributed by atoms with E-state index in [9.17, 15) is 9.59 Å². The summed E-state index contributed by atoms with van der Waals surface area (Å²) < 4.78 is 18.8. The molecule has 160 valence electrons. The maximum Gasteiger partial charge on any atom is 0.345 e. The topological polar surface area (TPSA) is 65.7 Å². The number of ether oxygens (including phenoxy) is 2. The van der Waals surface area contributed by atoms with E-state index in [1.807, 2.05) is 32.9 Å². The summed E-state index contributed by atoms with van der Waals surface area (Å²) in [5.74, 6) is 0.155. The fourth-order valence-electron chi connectivity index (χ4n) is 6.18. The van der Waals surface area contributed by atoms with Gasteiger partial charge in [0.25, 0.3) is 5.79 Å². The molecule has 2 fully saturated rings. The average molecular weight is 411 g/mol. The average Bonchev–Trinajstić information content (AvgIpc) is 3.07. The number of carbonyl (C=O) groups excluding carboxylic acids is 1. The van der Waals surface area contributed by atoms with E-state index in [4.69, 9.17) is 13.9 Å². The first-order valence-electron chi connectivity index (χ1n) is 11.2. The van der Waals surface area contributed by atoms with E-state index in [0.717, 1.165) is 23.8 Å². The first-order valence-corrected chi connectivity index (χ1v) is 11.2. The predicted molar refractivity (Wildman–Crippen MR) is 113 cm³/mol. The molecule has 2 aliphatic heterocycles. The Kier molecular flexibility index (Phi) is 4.41. The number of aryl methyl sites for hydroxylation is 1. The molecule has 1 saturated carbocycles. The van der Waals surface area contributed by atoms with Crippen molar-refractivity contribution in [2.75, 3.05) is 0 Å². The molecular weight excluding hydrogens is 380 g/mol. The highest BCUT2D eigenvalue weighted by Crippen LogP contribution is 2.61. The highest BCUT2D eigenvalue weighted by Gasteiger charge is 2.64. The molecule has 2 bridgehead atoms. The van der Waals surface area contributed by atoms with Gasteiger partial charge in [-0.15, -0.1) is 0 Å². The van der Waals surface area contributed by atoms with Crippen molar-refractivity contribution in [1.29, 1.82) is 0 Å². The van der Waals surface area contributed by atoms with Crippen LogP contribution in [0, 0.1) is 36.5 Å². The molecule has 0 spiro atoms. The molecule has 0 unspecified atom stereocenters. The molecule has 3 heterocycles. The van der Waals surface area contributed by atoms with Crippen molar-refractivity contribution in [2.24, 2.45) is 29.6 Å². The second kappa shape index (κ2) is 6.68. The molecule has 3 aliphatic rings. The highest BCUT2D eigenvalue weighted by atomic mass is 16.7. The van der Waals surface area contributed by atoms with Gasteiger partial charge in [-0.2, -0.15) is 0 Å². The summed E-state index contributed by atoms with van der Waals surface area (Å²) in [5, 5.41) is 0.776. The number of rotatable bonds is 3. The van der Waals surface area contributed by atoms with Crippen LogP contribution in [0.15, 0.2) is 27.4 Å². The van der Waals surface area contributed by atoms with E-state index < -0.39 is 17.5 Å². The lowest BCUT2D eigenvalue weighted by molar-refractivity contribution is -0.293. The van der Waals surface area contributed by atoms with Gasteiger partial charge in [0, 0.05) is 12.3 Å². The van der Waals surface area contributed by atoms with E-state index in [2.05, 4.69) is 13.8 Å². The van der Waals surface area contributed by atoms with Crippen LogP contribution >= 0.6 is 0 Å². The lowest BCUT2D eigenvalue weighted by atomic mass is 9.68. The Hall–Kier alpha value is -2.14. The molecule has 5 nitrogen and oxygen atoms in total. The number of benzene rings is 1. The monoisotopic (exact) mass is 410 g/mol. The van der Waals surface area contributed by atoms with Gasteiger partial charge in [0.1, 0.15) is 23.0 Å². The van der Waals surface area contributed by atoms with E-state index in [1.165, 1.54) is 0 Å². The number of carbonyl (C=O) groups is 1. The molecular formula is C25H30O5. The third kappa shape index (κ3) is 2.57. The molecule has 1 aromatic heterocycles. The summed E-state index contributed by atoms with van der Waals surface area (Å²) in [6.45, 7) is 10.4. The molecule has 1 aromatic carbocycles. The molecule has 30 heavy (non-hydrogen) atoms. The predicted octanol–water partition coefficient (Wildman–Crippen LogP) is 5.18. The van der Waals surface area contributed by atoms with Crippen LogP contribution in [0.5, 0.6) is 5.75 Å². The van der Waals surface area contributed by atoms with E-state index >= 15 is 0 Å². The summed E-state index contributed by atoms with van der Waals surface area (Å²) in [5.41, 5.74) is 1.50. The van der Waals surface area contributed by atoms with Crippen LogP contribution in [0.2, 0.25) is 0 Å². The van der Waals surface area contributed by atoms with Gasteiger partial charge in [-0.05, 0) is 48.6 Å². The minimum absolute atomic E-state index is 0.0198. The SMILES string of the molecule is Cc1cccc2oc(=O)c3c(c12)O[C@]1(C(=O)CC(C)C)O[C@@H]3[C@@H]2[C@@H](CC[C@@H]2C)[C@@H]1C. The molecule has 1 saturated heterocycles. The number of hydrogen-bond acceptors (Lipinski definition) is 5. The Balaban J connectivity index is 1.80. The standard InChI is InChI=1S/C25H30O5/c1-12(2)11-18(26)25-15(5)16-10-9-14(4)19(16)22(29-25)21-23(30-25)20-13(3)7-6-8-17(20)28-24(21)27/h6-8,12,14-16,19,22H,9-11H2,1-5H3/t14-,15-,16-,19-,22+,25+/m0/s1. The maximum atomic E-state index is 13.6. The van der Waals surface area contributed by atoms with Gasteiger partial charge in [0.05, 0.1) is 5.39 Å². The van der Waals surface area contributed by atoms with Crippen molar-refractivity contribution in [2.45, 2.75) is 65.8 Å². The zero-order valence-corrected chi connectivity index (χ0v) is 18.4. The Morgan fingerprint density at radius 3 is 2.73 bits per heavy atom. The minimum atomic E-state index is -1.34. The summed E-state index contributed by atoms with van der Waals surface area (Å²) in [4.78, 5) is 26.7. The molecule has 5 rings (SSSR count). The van der Waals surface area contributed by atoms with Crippen molar-refractivity contribution in [3.05, 3.63) is 39.7 Å². The molecule has 0 amide bonds. The van der Waals surface area contributed by atoms with Crippen LogP contribution < -0.4 is 10.4 Å². The Morgan fingerprint density at radius 1 is 1.23 bits per heavy atom. The zero-order chi connectivity index (χ0) is 21.4. The molecule has 6 atom stereocenters. The van der Waals surface area contributed by atoms with Gasteiger partial charge in [0.15, 0.2) is 0 Å². The van der Waals surface area contributed by atoms with Crippen LogP contribution in [-0.4, -0.2) is 11.6 Å². The van der Waals surface area contributed by atoms with Crippen molar-refractivity contribution in [3.63, 3.8) is 0 Å². The van der Waals surface area contributed by atoms with Gasteiger partial charge in [-0.3, -0.25) is 4.79 Å². The number of ketones is 1. The van der Waals surface area contributed by atoms with Gasteiger partial charge in [-0.25, -0.2) is 4.79 Å². The number of Topliss-reactive ketones (excluding diaryl/α,β-unsaturated/α-hetero) is 1.